The fourth-order valence-electron chi connectivity index (χ4n) is 5.82. The van der Waals surface area contributed by atoms with Gasteiger partial charge >= 0.3 is 0 Å². The molecule has 4 N–H and O–H groups in total. The van der Waals surface area contributed by atoms with Gasteiger partial charge in [-0.2, -0.15) is 0 Å². The second-order valence-corrected chi connectivity index (χ2v) is 9.36. The van der Waals surface area contributed by atoms with Crippen molar-refractivity contribution >= 4 is 5.91 Å². The van der Waals surface area contributed by atoms with Gasteiger partial charge in [0.15, 0.2) is 0 Å². The van der Waals surface area contributed by atoms with Crippen molar-refractivity contribution in [1.82, 2.24) is 5.32 Å². The number of hydrogen-bond acceptors (Lipinski definition) is 5. The molecule has 2 aliphatic rings. The molecular formula is C23H35NO5. The fourth-order valence-corrected chi connectivity index (χ4v) is 5.82. The molecule has 2 aliphatic carbocycles. The van der Waals surface area contributed by atoms with E-state index in [1.165, 1.54) is 0 Å². The molecule has 2 saturated carbocycles. The maximum absolute atomic E-state index is 12.7. The normalized spacial score (nSPS) is 36.9. The average Bonchev–Trinajstić information content (AvgIpc) is 2.72. The number of carbonyl (C=O) groups is 1. The van der Waals surface area contributed by atoms with Gasteiger partial charge in [0.1, 0.15) is 5.75 Å². The van der Waals surface area contributed by atoms with Crippen molar-refractivity contribution in [3.05, 3.63) is 29.8 Å². The van der Waals surface area contributed by atoms with E-state index in [9.17, 15) is 20.1 Å². The quantitative estimate of drug-likeness (QED) is 0.582. The molecule has 3 rings (SSSR count). The zero-order valence-electron chi connectivity index (χ0n) is 17.7. The third-order valence-corrected chi connectivity index (χ3v) is 7.77. The number of ether oxygens (including phenoxy) is 1. The van der Waals surface area contributed by atoms with Gasteiger partial charge in [-0.05, 0) is 60.6 Å². The first-order chi connectivity index (χ1) is 13.7. The van der Waals surface area contributed by atoms with Gasteiger partial charge in [-0.1, -0.05) is 26.0 Å². The van der Waals surface area contributed by atoms with Crippen LogP contribution < -0.4 is 10.1 Å². The van der Waals surface area contributed by atoms with Gasteiger partial charge in [0.05, 0.1) is 25.9 Å². The zero-order chi connectivity index (χ0) is 21.2. The van der Waals surface area contributed by atoms with E-state index < -0.39 is 17.6 Å². The lowest BCUT2D eigenvalue weighted by Gasteiger charge is -2.60. The van der Waals surface area contributed by atoms with E-state index in [-0.39, 0.29) is 36.2 Å². The number of aliphatic hydroxyl groups excluding tert-OH is 3. The minimum Gasteiger partial charge on any atom is -0.497 e. The Morgan fingerprint density at radius 2 is 1.86 bits per heavy atom. The number of fused-ring (bicyclic) bond motifs is 1. The molecular weight excluding hydrogens is 370 g/mol. The lowest BCUT2D eigenvalue weighted by Crippen LogP contribution is -2.60. The minimum absolute atomic E-state index is 0.0755. The molecule has 162 valence electrons. The summed E-state index contributed by atoms with van der Waals surface area (Å²) >= 11 is 0. The predicted molar refractivity (Wildman–Crippen MR) is 110 cm³/mol. The maximum atomic E-state index is 12.7. The van der Waals surface area contributed by atoms with Crippen molar-refractivity contribution in [3.8, 4) is 5.75 Å². The Kier molecular flexibility index (Phi) is 6.56. The molecule has 0 bridgehead atoms. The van der Waals surface area contributed by atoms with E-state index in [0.717, 1.165) is 24.2 Å². The second kappa shape index (κ2) is 8.62. The standard InChI is InChI=1S/C23H35NO5/c1-22-11-10-20(27)23(2,14-25)19(22)9-8-18(26)17(22)12-21(28)24-13-15-4-6-16(29-3)7-5-15/h4-7,17-20,25-27H,8-14H2,1-3H3,(H,24,28)/t17-,18-,19-,20-,22+,23+/m1/s1. The molecule has 29 heavy (non-hydrogen) atoms. The first kappa shape index (κ1) is 22.1. The number of rotatable bonds is 6. The number of methoxy groups -OCH3 is 1. The minimum atomic E-state index is -0.592. The lowest BCUT2D eigenvalue weighted by molar-refractivity contribution is -0.185. The smallest absolute Gasteiger partial charge is 0.220 e. The Bertz CT molecular complexity index is 708. The molecule has 0 radical (unpaired) electrons. The van der Waals surface area contributed by atoms with Crippen LogP contribution in [-0.4, -0.2) is 47.2 Å². The molecule has 0 unspecified atom stereocenters. The van der Waals surface area contributed by atoms with Crippen LogP contribution in [0.1, 0.15) is 51.5 Å². The molecule has 0 aliphatic heterocycles. The van der Waals surface area contributed by atoms with Crippen LogP contribution in [0.25, 0.3) is 0 Å². The third kappa shape index (κ3) is 4.16. The molecule has 1 aromatic carbocycles. The summed E-state index contributed by atoms with van der Waals surface area (Å²) in [5.41, 5.74) is 0.109. The summed E-state index contributed by atoms with van der Waals surface area (Å²) < 4.78 is 5.15. The van der Waals surface area contributed by atoms with Gasteiger partial charge in [0.25, 0.3) is 0 Å². The second-order valence-electron chi connectivity index (χ2n) is 9.36. The van der Waals surface area contributed by atoms with E-state index in [1.807, 2.05) is 31.2 Å². The van der Waals surface area contributed by atoms with Crippen molar-refractivity contribution in [3.63, 3.8) is 0 Å². The number of aliphatic hydroxyl groups is 3. The third-order valence-electron chi connectivity index (χ3n) is 7.77. The largest absolute Gasteiger partial charge is 0.497 e. The van der Waals surface area contributed by atoms with Crippen LogP contribution in [0.3, 0.4) is 0 Å². The fraction of sp³-hybridized carbons (Fsp3) is 0.696. The number of hydrogen-bond donors (Lipinski definition) is 4. The van der Waals surface area contributed by atoms with Crippen LogP contribution in [0.4, 0.5) is 0 Å². The molecule has 6 atom stereocenters. The van der Waals surface area contributed by atoms with Crippen LogP contribution in [0.15, 0.2) is 24.3 Å². The van der Waals surface area contributed by atoms with Gasteiger partial charge < -0.3 is 25.4 Å². The number of nitrogens with one attached hydrogen (secondary N) is 1. The highest BCUT2D eigenvalue weighted by Crippen LogP contribution is 2.60. The molecule has 1 amide bonds. The topological polar surface area (TPSA) is 99.0 Å². The summed E-state index contributed by atoms with van der Waals surface area (Å²) in [5, 5.41) is 34.3. The van der Waals surface area contributed by atoms with Crippen molar-refractivity contribution < 1.29 is 24.9 Å². The highest BCUT2D eigenvalue weighted by Gasteiger charge is 2.58. The molecule has 1 aromatic rings. The number of benzene rings is 1. The number of carbonyl (C=O) groups excluding carboxylic acids is 1. The zero-order valence-corrected chi connectivity index (χ0v) is 17.7. The van der Waals surface area contributed by atoms with E-state index in [0.29, 0.717) is 19.4 Å². The molecule has 6 heteroatoms. The predicted octanol–water partition coefficient (Wildman–Crippen LogP) is 2.25. The summed E-state index contributed by atoms with van der Waals surface area (Å²) in [6, 6.07) is 7.56. The summed E-state index contributed by atoms with van der Waals surface area (Å²) in [6.45, 7) is 4.42. The molecule has 0 spiro atoms. The summed E-state index contributed by atoms with van der Waals surface area (Å²) in [7, 11) is 1.62. The van der Waals surface area contributed by atoms with Crippen molar-refractivity contribution in [2.75, 3.05) is 13.7 Å². The van der Waals surface area contributed by atoms with Gasteiger partial charge in [0, 0.05) is 18.4 Å². The Hall–Kier alpha value is -1.63. The maximum Gasteiger partial charge on any atom is 0.220 e. The molecule has 0 saturated heterocycles. The summed E-state index contributed by atoms with van der Waals surface area (Å²) in [6.07, 6.45) is 1.85. The van der Waals surface area contributed by atoms with E-state index >= 15 is 0 Å². The Balaban J connectivity index is 1.68. The number of amides is 1. The van der Waals surface area contributed by atoms with Crippen LogP contribution in [0.5, 0.6) is 5.75 Å². The Morgan fingerprint density at radius 3 is 2.48 bits per heavy atom. The van der Waals surface area contributed by atoms with E-state index in [4.69, 9.17) is 4.74 Å². The van der Waals surface area contributed by atoms with Gasteiger partial charge in [-0.25, -0.2) is 0 Å². The van der Waals surface area contributed by atoms with E-state index in [1.54, 1.807) is 7.11 Å². The lowest BCUT2D eigenvalue weighted by atomic mass is 9.46. The van der Waals surface area contributed by atoms with Crippen LogP contribution in [0, 0.1) is 22.7 Å². The monoisotopic (exact) mass is 405 g/mol. The van der Waals surface area contributed by atoms with Crippen molar-refractivity contribution in [2.24, 2.45) is 22.7 Å². The van der Waals surface area contributed by atoms with Crippen LogP contribution in [0.2, 0.25) is 0 Å². The molecule has 0 aromatic heterocycles. The van der Waals surface area contributed by atoms with Gasteiger partial charge in [0.2, 0.25) is 5.91 Å². The van der Waals surface area contributed by atoms with Crippen LogP contribution >= 0.6 is 0 Å². The highest BCUT2D eigenvalue weighted by molar-refractivity contribution is 5.76. The molecule has 6 nitrogen and oxygen atoms in total. The first-order valence-corrected chi connectivity index (χ1v) is 10.6. The summed E-state index contributed by atoms with van der Waals surface area (Å²) in [4.78, 5) is 12.7. The highest BCUT2D eigenvalue weighted by atomic mass is 16.5. The SMILES string of the molecule is COc1ccc(CNC(=O)C[C@@H]2[C@H](O)CC[C@H]3[C@](C)(CO)[C@H](O)CC[C@]32C)cc1. The van der Waals surface area contributed by atoms with Gasteiger partial charge in [-0.15, -0.1) is 0 Å². The van der Waals surface area contributed by atoms with Crippen molar-refractivity contribution in [1.29, 1.82) is 0 Å². The average molecular weight is 406 g/mol. The van der Waals surface area contributed by atoms with Gasteiger partial charge in [-0.3, -0.25) is 4.79 Å². The van der Waals surface area contributed by atoms with Crippen molar-refractivity contribution in [2.45, 2.75) is 64.7 Å². The van der Waals surface area contributed by atoms with Crippen LogP contribution in [-0.2, 0) is 11.3 Å². The summed E-state index contributed by atoms with van der Waals surface area (Å²) in [5.74, 6) is 0.585. The molecule has 0 heterocycles. The first-order valence-electron chi connectivity index (χ1n) is 10.6. The molecule has 2 fully saturated rings. The Morgan fingerprint density at radius 1 is 1.17 bits per heavy atom. The van der Waals surface area contributed by atoms with E-state index in [2.05, 4.69) is 12.2 Å². The Labute approximate surface area is 173 Å².